The fourth-order valence-corrected chi connectivity index (χ4v) is 1.84. The lowest BCUT2D eigenvalue weighted by Gasteiger charge is -2.11. The number of benzene rings is 1. The Morgan fingerprint density at radius 3 is 2.00 bits per heavy atom. The molecule has 3 N–H and O–H groups in total. The summed E-state index contributed by atoms with van der Waals surface area (Å²) < 4.78 is 34.2. The number of hydrogen-bond donors (Lipinski definition) is 2. The summed E-state index contributed by atoms with van der Waals surface area (Å²) in [6.07, 6.45) is 1.34. The van der Waals surface area contributed by atoms with Gasteiger partial charge in [-0.05, 0) is 36.1 Å². The minimum atomic E-state index is -4.48. The van der Waals surface area contributed by atoms with Gasteiger partial charge in [-0.25, -0.2) is 0 Å². The average molecular weight is 245 g/mol. The largest absolute Gasteiger partial charge is 0.446 e. The molecule has 0 amide bonds. The normalized spacial score (nSPS) is 11.4. The molecule has 0 bridgehead atoms. The van der Waals surface area contributed by atoms with Crippen LogP contribution in [0.3, 0.4) is 0 Å². The molecule has 16 heavy (non-hydrogen) atoms. The fourth-order valence-electron chi connectivity index (χ4n) is 1.50. The molecule has 90 valence electrons. The first-order valence-corrected chi connectivity index (χ1v) is 6.32. The summed E-state index contributed by atoms with van der Waals surface area (Å²) >= 11 is 0. The van der Waals surface area contributed by atoms with E-state index in [0.29, 0.717) is 18.5 Å². The second-order valence-electron chi connectivity index (χ2n) is 3.37. The summed E-state index contributed by atoms with van der Waals surface area (Å²) in [4.78, 5) is 0. The van der Waals surface area contributed by atoms with Crippen molar-refractivity contribution in [3.63, 3.8) is 0 Å². The molecule has 5 nitrogen and oxygen atoms in total. The van der Waals surface area contributed by atoms with E-state index < -0.39 is 10.4 Å². The van der Waals surface area contributed by atoms with Gasteiger partial charge in [-0.15, -0.1) is 0 Å². The third-order valence-electron chi connectivity index (χ3n) is 2.29. The van der Waals surface area contributed by atoms with Crippen LogP contribution in [0.25, 0.3) is 0 Å². The van der Waals surface area contributed by atoms with Crippen LogP contribution in [-0.4, -0.2) is 13.0 Å². The highest BCUT2D eigenvalue weighted by atomic mass is 32.3. The summed E-state index contributed by atoms with van der Waals surface area (Å²) in [6, 6.07) is 3.03. The van der Waals surface area contributed by atoms with E-state index in [1.54, 1.807) is 0 Å². The van der Waals surface area contributed by atoms with Crippen molar-refractivity contribution in [1.82, 2.24) is 0 Å². The topological polar surface area (TPSA) is 89.6 Å². The lowest BCUT2D eigenvalue weighted by molar-refractivity contribution is 0.386. The predicted octanol–water partition coefficient (Wildman–Crippen LogP) is 1.58. The van der Waals surface area contributed by atoms with E-state index >= 15 is 0 Å². The molecule has 0 aliphatic carbocycles. The maximum absolute atomic E-state index is 10.6. The molecule has 0 heterocycles. The molecule has 0 aromatic heterocycles. The van der Waals surface area contributed by atoms with Gasteiger partial charge in [0.2, 0.25) is 0 Å². The van der Waals surface area contributed by atoms with Crippen LogP contribution in [0.1, 0.15) is 25.0 Å². The highest BCUT2D eigenvalue weighted by Crippen LogP contribution is 2.26. The van der Waals surface area contributed by atoms with Gasteiger partial charge in [0, 0.05) is 5.69 Å². The van der Waals surface area contributed by atoms with E-state index in [1.165, 1.54) is 12.1 Å². The zero-order valence-corrected chi connectivity index (χ0v) is 10.0. The fraction of sp³-hybridized carbons (Fsp3) is 0.400. The van der Waals surface area contributed by atoms with Crippen LogP contribution in [0.5, 0.6) is 5.75 Å². The van der Waals surface area contributed by atoms with Gasteiger partial charge in [-0.1, -0.05) is 13.8 Å². The van der Waals surface area contributed by atoms with E-state index in [0.717, 1.165) is 11.1 Å². The van der Waals surface area contributed by atoms with E-state index in [9.17, 15) is 8.42 Å². The van der Waals surface area contributed by atoms with E-state index in [1.807, 2.05) is 13.8 Å². The quantitative estimate of drug-likeness (QED) is 0.621. The average Bonchev–Trinajstić information content (AvgIpc) is 2.18. The molecule has 0 atom stereocenters. The van der Waals surface area contributed by atoms with Crippen LogP contribution in [0.2, 0.25) is 0 Å². The van der Waals surface area contributed by atoms with Crippen LogP contribution < -0.4 is 9.92 Å². The van der Waals surface area contributed by atoms with Crippen molar-refractivity contribution in [3.05, 3.63) is 23.3 Å². The molecule has 1 rings (SSSR count). The summed E-state index contributed by atoms with van der Waals surface area (Å²) in [5.41, 5.74) is 8.12. The summed E-state index contributed by atoms with van der Waals surface area (Å²) in [7, 11) is -4.48. The molecular weight excluding hydrogens is 230 g/mol. The van der Waals surface area contributed by atoms with Gasteiger partial charge in [0.05, 0.1) is 0 Å². The zero-order valence-electron chi connectivity index (χ0n) is 9.23. The first-order valence-electron chi connectivity index (χ1n) is 4.95. The Bertz CT molecular complexity index is 457. The van der Waals surface area contributed by atoms with Gasteiger partial charge in [-0.2, -0.15) is 8.42 Å². The smallest absolute Gasteiger partial charge is 0.398 e. The Labute approximate surface area is 95.2 Å². The van der Waals surface area contributed by atoms with Gasteiger partial charge < -0.3 is 9.92 Å². The van der Waals surface area contributed by atoms with Gasteiger partial charge in [0.15, 0.2) is 0 Å². The number of rotatable bonds is 4. The van der Waals surface area contributed by atoms with Crippen LogP contribution in [-0.2, 0) is 23.2 Å². The molecule has 0 fully saturated rings. The van der Waals surface area contributed by atoms with Crippen molar-refractivity contribution in [1.29, 1.82) is 0 Å². The highest BCUT2D eigenvalue weighted by Gasteiger charge is 2.11. The van der Waals surface area contributed by atoms with Crippen LogP contribution in [0.15, 0.2) is 12.1 Å². The Morgan fingerprint density at radius 2 is 1.69 bits per heavy atom. The Morgan fingerprint density at radius 1 is 1.25 bits per heavy atom. The summed E-state index contributed by atoms with van der Waals surface area (Å²) in [5.74, 6) is 0.0883. The molecule has 6 heteroatoms. The molecule has 0 aliphatic heterocycles. The molecule has 1 aromatic carbocycles. The number of nitrogens with two attached hydrogens (primary N) is 1. The number of hydrogen-bond acceptors (Lipinski definition) is 4. The Hall–Kier alpha value is -1.27. The maximum atomic E-state index is 10.6. The minimum Gasteiger partial charge on any atom is -0.398 e. The second-order valence-corrected chi connectivity index (χ2v) is 4.40. The monoisotopic (exact) mass is 245 g/mol. The summed E-state index contributed by atoms with van der Waals surface area (Å²) in [5, 5.41) is 0. The SMILES string of the molecule is CCc1cc(OS(=O)(=O)O)cc(CC)c1N. The van der Waals surface area contributed by atoms with E-state index in [4.69, 9.17) is 10.3 Å². The number of anilines is 1. The van der Waals surface area contributed by atoms with Crippen molar-refractivity contribution in [2.75, 3.05) is 5.73 Å². The molecule has 0 saturated carbocycles. The lowest BCUT2D eigenvalue weighted by Crippen LogP contribution is -2.08. The molecular formula is C10H15NO4S. The maximum Gasteiger partial charge on any atom is 0.446 e. The van der Waals surface area contributed by atoms with E-state index in [-0.39, 0.29) is 5.75 Å². The van der Waals surface area contributed by atoms with E-state index in [2.05, 4.69) is 4.18 Å². The summed E-state index contributed by atoms with van der Waals surface area (Å²) in [6.45, 7) is 3.81. The van der Waals surface area contributed by atoms with Crippen LogP contribution >= 0.6 is 0 Å². The molecule has 1 aromatic rings. The standard InChI is InChI=1S/C10H15NO4S/c1-3-7-5-9(15-16(12,13)14)6-8(4-2)10(7)11/h5-6H,3-4,11H2,1-2H3,(H,12,13,14). The Balaban J connectivity index is 3.22. The van der Waals surface area contributed by atoms with Crippen molar-refractivity contribution < 1.29 is 17.2 Å². The third kappa shape index (κ3) is 3.11. The third-order valence-corrected chi connectivity index (χ3v) is 2.69. The molecule has 0 unspecified atom stereocenters. The van der Waals surface area contributed by atoms with Crippen LogP contribution in [0.4, 0.5) is 5.69 Å². The van der Waals surface area contributed by atoms with Crippen molar-refractivity contribution in [2.45, 2.75) is 26.7 Å². The number of nitrogen functional groups attached to an aromatic ring is 1. The lowest BCUT2D eigenvalue weighted by atomic mass is 10.0. The Kier molecular flexibility index (Phi) is 3.77. The first-order chi connectivity index (χ1) is 7.37. The zero-order chi connectivity index (χ0) is 12.3. The van der Waals surface area contributed by atoms with Crippen molar-refractivity contribution >= 4 is 16.1 Å². The van der Waals surface area contributed by atoms with Gasteiger partial charge in [0.25, 0.3) is 0 Å². The number of aryl methyl sites for hydroxylation is 2. The van der Waals surface area contributed by atoms with Crippen LogP contribution in [0, 0.1) is 0 Å². The highest BCUT2D eigenvalue weighted by molar-refractivity contribution is 7.81. The molecule has 0 aliphatic rings. The molecule has 0 saturated heterocycles. The first kappa shape index (κ1) is 12.8. The van der Waals surface area contributed by atoms with Crippen molar-refractivity contribution in [2.24, 2.45) is 0 Å². The molecule has 0 radical (unpaired) electrons. The van der Waals surface area contributed by atoms with Gasteiger partial charge >= 0.3 is 10.4 Å². The molecule has 0 spiro atoms. The minimum absolute atomic E-state index is 0.0883. The van der Waals surface area contributed by atoms with Gasteiger partial charge in [0.1, 0.15) is 5.75 Å². The van der Waals surface area contributed by atoms with Crippen molar-refractivity contribution in [3.8, 4) is 5.75 Å². The second kappa shape index (κ2) is 4.71. The predicted molar refractivity (Wildman–Crippen MR) is 61.8 cm³/mol. The van der Waals surface area contributed by atoms with Gasteiger partial charge in [-0.3, -0.25) is 4.55 Å².